The van der Waals surface area contributed by atoms with Crippen LogP contribution in [0.3, 0.4) is 0 Å². The van der Waals surface area contributed by atoms with Crippen LogP contribution in [-0.2, 0) is 19.5 Å². The molecule has 0 bridgehead atoms. The molecule has 0 amide bonds. The van der Waals surface area contributed by atoms with Crippen LogP contribution in [0.25, 0.3) is 11.4 Å². The molecule has 16 heavy (non-hydrogen) atoms. The second kappa shape index (κ2) is 3.43. The fourth-order valence-corrected chi connectivity index (χ4v) is 1.95. The molecule has 0 N–H and O–H groups in total. The number of aryl methyl sites for hydroxylation is 2. The standard InChI is InChI=1S/C11H17N5/c1-11(2,3)9-8(6-13-16(9)5)10-12-7-15(4)14-10/h6-7H,1-5H3. The summed E-state index contributed by atoms with van der Waals surface area (Å²) in [6, 6.07) is 0. The van der Waals surface area contributed by atoms with E-state index < -0.39 is 0 Å². The molecule has 2 aromatic rings. The maximum absolute atomic E-state index is 4.32. The third kappa shape index (κ3) is 1.73. The van der Waals surface area contributed by atoms with Crippen LogP contribution in [0, 0.1) is 0 Å². The zero-order chi connectivity index (χ0) is 11.9. The van der Waals surface area contributed by atoms with Crippen molar-refractivity contribution < 1.29 is 0 Å². The zero-order valence-electron chi connectivity index (χ0n) is 10.4. The minimum absolute atomic E-state index is 0.0276. The minimum Gasteiger partial charge on any atom is -0.271 e. The Bertz CT molecular complexity index is 501. The summed E-state index contributed by atoms with van der Waals surface area (Å²) >= 11 is 0. The quantitative estimate of drug-likeness (QED) is 0.730. The van der Waals surface area contributed by atoms with Crippen LogP contribution in [0.5, 0.6) is 0 Å². The highest BCUT2D eigenvalue weighted by molar-refractivity contribution is 5.58. The van der Waals surface area contributed by atoms with Crippen LogP contribution in [-0.4, -0.2) is 24.5 Å². The van der Waals surface area contributed by atoms with Crippen LogP contribution >= 0.6 is 0 Å². The van der Waals surface area contributed by atoms with Gasteiger partial charge in [-0.05, 0) is 0 Å². The molecular formula is C11H17N5. The van der Waals surface area contributed by atoms with Gasteiger partial charge in [0.05, 0.1) is 17.5 Å². The number of rotatable bonds is 1. The van der Waals surface area contributed by atoms with E-state index in [-0.39, 0.29) is 5.41 Å². The van der Waals surface area contributed by atoms with Crippen LogP contribution in [0.4, 0.5) is 0 Å². The number of aromatic nitrogens is 5. The Labute approximate surface area is 95.1 Å². The fourth-order valence-electron chi connectivity index (χ4n) is 1.95. The molecule has 0 spiro atoms. The van der Waals surface area contributed by atoms with E-state index in [1.165, 1.54) is 0 Å². The van der Waals surface area contributed by atoms with Gasteiger partial charge in [0, 0.05) is 19.5 Å². The summed E-state index contributed by atoms with van der Waals surface area (Å²) in [7, 11) is 3.82. The first-order valence-corrected chi connectivity index (χ1v) is 5.28. The molecule has 2 rings (SSSR count). The van der Waals surface area contributed by atoms with Crippen LogP contribution < -0.4 is 0 Å². The third-order valence-corrected chi connectivity index (χ3v) is 2.49. The lowest BCUT2D eigenvalue weighted by Gasteiger charge is -2.20. The number of nitrogens with zero attached hydrogens (tertiary/aromatic N) is 5. The highest BCUT2D eigenvalue weighted by atomic mass is 15.3. The molecule has 0 fully saturated rings. The third-order valence-electron chi connectivity index (χ3n) is 2.49. The minimum atomic E-state index is 0.0276. The number of hydrogen-bond acceptors (Lipinski definition) is 3. The van der Waals surface area contributed by atoms with E-state index in [1.54, 1.807) is 11.0 Å². The Morgan fingerprint density at radius 1 is 1.19 bits per heavy atom. The molecule has 0 saturated heterocycles. The molecule has 86 valence electrons. The van der Waals surface area contributed by atoms with Gasteiger partial charge >= 0.3 is 0 Å². The maximum atomic E-state index is 4.32. The van der Waals surface area contributed by atoms with Crippen LogP contribution in [0.1, 0.15) is 26.5 Å². The van der Waals surface area contributed by atoms with Gasteiger partial charge in [0.2, 0.25) is 0 Å². The summed E-state index contributed by atoms with van der Waals surface area (Å²) in [5, 5.41) is 8.62. The lowest BCUT2D eigenvalue weighted by Crippen LogP contribution is -2.17. The zero-order valence-corrected chi connectivity index (χ0v) is 10.4. The van der Waals surface area contributed by atoms with Gasteiger partial charge in [-0.15, -0.1) is 0 Å². The van der Waals surface area contributed by atoms with E-state index in [1.807, 2.05) is 25.0 Å². The van der Waals surface area contributed by atoms with Crippen LogP contribution in [0.2, 0.25) is 0 Å². The molecule has 0 unspecified atom stereocenters. The molecule has 0 aromatic carbocycles. The molecule has 0 aliphatic rings. The van der Waals surface area contributed by atoms with Crippen molar-refractivity contribution in [3.63, 3.8) is 0 Å². The largest absolute Gasteiger partial charge is 0.271 e. The van der Waals surface area contributed by atoms with Crippen molar-refractivity contribution in [2.24, 2.45) is 14.1 Å². The van der Waals surface area contributed by atoms with Crippen molar-refractivity contribution in [1.82, 2.24) is 24.5 Å². The molecule has 2 heterocycles. The van der Waals surface area contributed by atoms with Crippen molar-refractivity contribution in [3.05, 3.63) is 18.2 Å². The summed E-state index contributed by atoms with van der Waals surface area (Å²) in [5.41, 5.74) is 2.19. The molecule has 5 nitrogen and oxygen atoms in total. The van der Waals surface area contributed by atoms with Gasteiger partial charge in [0.25, 0.3) is 0 Å². The number of hydrogen-bond donors (Lipinski definition) is 0. The van der Waals surface area contributed by atoms with Crippen LogP contribution in [0.15, 0.2) is 12.5 Å². The predicted molar refractivity (Wildman–Crippen MR) is 61.9 cm³/mol. The molecule has 5 heteroatoms. The highest BCUT2D eigenvalue weighted by Gasteiger charge is 2.24. The summed E-state index contributed by atoms with van der Waals surface area (Å²) < 4.78 is 3.60. The van der Waals surface area contributed by atoms with Crippen molar-refractivity contribution in [3.8, 4) is 11.4 Å². The summed E-state index contributed by atoms with van der Waals surface area (Å²) in [6.45, 7) is 6.49. The molecule has 0 saturated carbocycles. The maximum Gasteiger partial charge on any atom is 0.184 e. The Balaban J connectivity index is 2.58. The van der Waals surface area contributed by atoms with E-state index in [0.717, 1.165) is 17.1 Å². The smallest absolute Gasteiger partial charge is 0.184 e. The lowest BCUT2D eigenvalue weighted by atomic mass is 9.89. The average Bonchev–Trinajstić information content (AvgIpc) is 2.70. The van der Waals surface area contributed by atoms with E-state index in [4.69, 9.17) is 0 Å². The Morgan fingerprint density at radius 3 is 2.38 bits per heavy atom. The normalized spacial score (nSPS) is 12.1. The fraction of sp³-hybridized carbons (Fsp3) is 0.545. The van der Waals surface area contributed by atoms with Crippen molar-refractivity contribution in [1.29, 1.82) is 0 Å². The monoisotopic (exact) mass is 219 g/mol. The summed E-state index contributed by atoms with van der Waals surface area (Å²) in [4.78, 5) is 4.27. The lowest BCUT2D eigenvalue weighted by molar-refractivity contribution is 0.524. The Hall–Kier alpha value is -1.65. The average molecular weight is 219 g/mol. The molecular weight excluding hydrogens is 202 g/mol. The summed E-state index contributed by atoms with van der Waals surface area (Å²) in [5.74, 6) is 0.737. The predicted octanol–water partition coefficient (Wildman–Crippen LogP) is 1.51. The SMILES string of the molecule is Cn1cnc(-c2cnn(C)c2C(C)(C)C)n1. The van der Waals surface area contributed by atoms with Gasteiger partial charge in [0.1, 0.15) is 6.33 Å². The molecule has 0 aliphatic heterocycles. The molecule has 2 aromatic heterocycles. The Kier molecular flexibility index (Phi) is 2.33. The van der Waals surface area contributed by atoms with Gasteiger partial charge in [0.15, 0.2) is 5.82 Å². The molecule has 0 radical (unpaired) electrons. The molecule has 0 aliphatic carbocycles. The highest BCUT2D eigenvalue weighted by Crippen LogP contribution is 2.30. The van der Waals surface area contributed by atoms with Crippen molar-refractivity contribution >= 4 is 0 Å². The van der Waals surface area contributed by atoms with Gasteiger partial charge in [-0.1, -0.05) is 20.8 Å². The Morgan fingerprint density at radius 2 is 1.88 bits per heavy atom. The van der Waals surface area contributed by atoms with Crippen molar-refractivity contribution in [2.45, 2.75) is 26.2 Å². The van der Waals surface area contributed by atoms with E-state index >= 15 is 0 Å². The van der Waals surface area contributed by atoms with Gasteiger partial charge in [-0.2, -0.15) is 10.2 Å². The summed E-state index contributed by atoms with van der Waals surface area (Å²) in [6.07, 6.45) is 3.53. The second-order valence-electron chi connectivity index (χ2n) is 5.02. The first-order chi connectivity index (χ1) is 7.39. The van der Waals surface area contributed by atoms with Gasteiger partial charge < -0.3 is 0 Å². The second-order valence-corrected chi connectivity index (χ2v) is 5.02. The van der Waals surface area contributed by atoms with Crippen molar-refractivity contribution in [2.75, 3.05) is 0 Å². The first-order valence-electron chi connectivity index (χ1n) is 5.28. The van der Waals surface area contributed by atoms with Gasteiger partial charge in [-0.25, -0.2) is 4.98 Å². The van der Waals surface area contributed by atoms with E-state index in [0.29, 0.717) is 0 Å². The first kappa shape index (κ1) is 10.9. The van der Waals surface area contributed by atoms with E-state index in [2.05, 4.69) is 36.0 Å². The molecule has 0 atom stereocenters. The van der Waals surface area contributed by atoms with Gasteiger partial charge in [-0.3, -0.25) is 9.36 Å². The van der Waals surface area contributed by atoms with E-state index in [9.17, 15) is 0 Å². The topological polar surface area (TPSA) is 48.5 Å².